The van der Waals surface area contributed by atoms with E-state index in [1.165, 1.54) is 5.69 Å². The summed E-state index contributed by atoms with van der Waals surface area (Å²) >= 11 is 0. The van der Waals surface area contributed by atoms with Crippen molar-refractivity contribution in [3.63, 3.8) is 0 Å². The van der Waals surface area contributed by atoms with Gasteiger partial charge in [0, 0.05) is 32.2 Å². The molecular formula is C12H19N3O. The second-order valence-corrected chi connectivity index (χ2v) is 4.10. The number of nitrogens with zero attached hydrogens (tertiary/aromatic N) is 3. The maximum atomic E-state index is 5.46. The van der Waals surface area contributed by atoms with Crippen LogP contribution in [0.5, 0.6) is 5.75 Å². The number of piperazine rings is 1. The van der Waals surface area contributed by atoms with Gasteiger partial charge in [0.15, 0.2) is 0 Å². The number of aromatic nitrogens is 1. The monoisotopic (exact) mass is 221 g/mol. The van der Waals surface area contributed by atoms with Crippen LogP contribution in [-0.4, -0.2) is 49.7 Å². The number of likely N-dealkylation sites (N-methyl/N-ethyl adjacent to an activating group) is 1. The molecule has 1 aliphatic rings. The van der Waals surface area contributed by atoms with Gasteiger partial charge in [0.2, 0.25) is 0 Å². The molecule has 0 aliphatic carbocycles. The fraction of sp³-hybridized carbons (Fsp3) is 0.583. The number of hydrogen-bond acceptors (Lipinski definition) is 4. The first-order chi connectivity index (χ1) is 7.79. The lowest BCUT2D eigenvalue weighted by Gasteiger charge is -2.33. The molecule has 1 saturated heterocycles. The molecule has 1 aromatic heterocycles. The summed E-state index contributed by atoms with van der Waals surface area (Å²) in [7, 11) is 2.16. The van der Waals surface area contributed by atoms with E-state index in [0.717, 1.165) is 31.9 Å². The van der Waals surface area contributed by atoms with Gasteiger partial charge in [0.25, 0.3) is 0 Å². The summed E-state index contributed by atoms with van der Waals surface area (Å²) < 4.78 is 5.46. The third-order valence-electron chi connectivity index (χ3n) is 2.88. The molecule has 1 aliphatic heterocycles. The largest absolute Gasteiger partial charge is 0.492 e. The van der Waals surface area contributed by atoms with Crippen LogP contribution in [0.25, 0.3) is 0 Å². The minimum Gasteiger partial charge on any atom is -0.492 e. The molecule has 0 unspecified atom stereocenters. The second-order valence-electron chi connectivity index (χ2n) is 4.10. The van der Waals surface area contributed by atoms with Crippen molar-refractivity contribution in [2.75, 3.05) is 44.7 Å². The molecule has 4 nitrogen and oxygen atoms in total. The highest BCUT2D eigenvalue weighted by atomic mass is 16.5. The highest BCUT2D eigenvalue weighted by Gasteiger charge is 2.14. The van der Waals surface area contributed by atoms with Crippen molar-refractivity contribution in [3.8, 4) is 5.75 Å². The molecule has 4 heteroatoms. The second kappa shape index (κ2) is 5.16. The number of anilines is 1. The van der Waals surface area contributed by atoms with Gasteiger partial charge in [-0.05, 0) is 14.0 Å². The van der Waals surface area contributed by atoms with E-state index in [-0.39, 0.29) is 0 Å². The van der Waals surface area contributed by atoms with Crippen molar-refractivity contribution < 1.29 is 4.74 Å². The van der Waals surface area contributed by atoms with Crippen LogP contribution in [0.1, 0.15) is 6.92 Å². The van der Waals surface area contributed by atoms with Crippen LogP contribution in [-0.2, 0) is 0 Å². The highest BCUT2D eigenvalue weighted by molar-refractivity contribution is 5.48. The van der Waals surface area contributed by atoms with Crippen molar-refractivity contribution in [2.45, 2.75) is 6.92 Å². The maximum Gasteiger partial charge on any atom is 0.139 e. The smallest absolute Gasteiger partial charge is 0.139 e. The first-order valence-electron chi connectivity index (χ1n) is 5.81. The Balaban J connectivity index is 2.05. The molecular weight excluding hydrogens is 202 g/mol. The molecule has 0 amide bonds. The van der Waals surface area contributed by atoms with E-state index in [1.807, 2.05) is 13.1 Å². The van der Waals surface area contributed by atoms with Crippen molar-refractivity contribution in [1.82, 2.24) is 9.88 Å². The Morgan fingerprint density at radius 1 is 1.25 bits per heavy atom. The van der Waals surface area contributed by atoms with Gasteiger partial charge in [-0.25, -0.2) is 0 Å². The molecule has 2 rings (SSSR count). The van der Waals surface area contributed by atoms with Crippen LogP contribution in [0.4, 0.5) is 5.69 Å². The van der Waals surface area contributed by atoms with Gasteiger partial charge >= 0.3 is 0 Å². The van der Waals surface area contributed by atoms with Crippen LogP contribution < -0.4 is 9.64 Å². The average Bonchev–Trinajstić information content (AvgIpc) is 2.31. The lowest BCUT2D eigenvalue weighted by atomic mass is 10.3. The first-order valence-corrected chi connectivity index (χ1v) is 5.81. The predicted octanol–water partition coefficient (Wildman–Crippen LogP) is 1.23. The molecule has 1 aromatic rings. The molecule has 1 fully saturated rings. The van der Waals surface area contributed by atoms with E-state index in [9.17, 15) is 0 Å². The third-order valence-corrected chi connectivity index (χ3v) is 2.88. The molecule has 0 N–H and O–H groups in total. The first kappa shape index (κ1) is 11.2. The number of rotatable bonds is 3. The fourth-order valence-corrected chi connectivity index (χ4v) is 1.89. The van der Waals surface area contributed by atoms with Gasteiger partial charge in [-0.1, -0.05) is 0 Å². The van der Waals surface area contributed by atoms with Crippen LogP contribution in [0.15, 0.2) is 18.5 Å². The van der Waals surface area contributed by atoms with E-state index in [0.29, 0.717) is 6.61 Å². The SMILES string of the molecule is CCOc1cncc(N2CCN(C)CC2)c1. The van der Waals surface area contributed by atoms with E-state index < -0.39 is 0 Å². The zero-order valence-corrected chi connectivity index (χ0v) is 10.0. The summed E-state index contributed by atoms with van der Waals surface area (Å²) in [5.74, 6) is 0.860. The summed E-state index contributed by atoms with van der Waals surface area (Å²) in [6.45, 7) is 7.02. The molecule has 0 saturated carbocycles. The zero-order valence-electron chi connectivity index (χ0n) is 10.0. The van der Waals surface area contributed by atoms with Gasteiger partial charge in [0.05, 0.1) is 24.7 Å². The quantitative estimate of drug-likeness (QED) is 0.767. The predicted molar refractivity (Wildman–Crippen MR) is 65.1 cm³/mol. The Morgan fingerprint density at radius 3 is 2.69 bits per heavy atom. The average molecular weight is 221 g/mol. The Labute approximate surface area is 96.8 Å². The molecule has 88 valence electrons. The highest BCUT2D eigenvalue weighted by Crippen LogP contribution is 2.20. The van der Waals surface area contributed by atoms with Gasteiger partial charge < -0.3 is 14.5 Å². The third kappa shape index (κ3) is 2.64. The number of ether oxygens (including phenoxy) is 1. The number of hydrogen-bond donors (Lipinski definition) is 0. The Kier molecular flexibility index (Phi) is 3.62. The summed E-state index contributed by atoms with van der Waals surface area (Å²) in [5.41, 5.74) is 1.17. The van der Waals surface area contributed by atoms with E-state index >= 15 is 0 Å². The molecule has 0 radical (unpaired) electrons. The van der Waals surface area contributed by atoms with Crippen LogP contribution >= 0.6 is 0 Å². The van der Waals surface area contributed by atoms with Gasteiger partial charge in [-0.2, -0.15) is 0 Å². The van der Waals surface area contributed by atoms with E-state index in [1.54, 1.807) is 6.20 Å². The lowest BCUT2D eigenvalue weighted by Crippen LogP contribution is -2.44. The molecule has 2 heterocycles. The summed E-state index contributed by atoms with van der Waals surface area (Å²) in [6, 6.07) is 2.07. The normalized spacial score (nSPS) is 17.5. The molecule has 0 aromatic carbocycles. The van der Waals surface area contributed by atoms with Gasteiger partial charge in [-0.15, -0.1) is 0 Å². The molecule has 16 heavy (non-hydrogen) atoms. The van der Waals surface area contributed by atoms with Crippen molar-refractivity contribution in [3.05, 3.63) is 18.5 Å². The standard InChI is InChI=1S/C12H19N3O/c1-3-16-12-8-11(9-13-10-12)15-6-4-14(2)5-7-15/h8-10H,3-7H2,1-2H3. The Morgan fingerprint density at radius 2 is 2.00 bits per heavy atom. The van der Waals surface area contributed by atoms with E-state index in [4.69, 9.17) is 4.74 Å². The van der Waals surface area contributed by atoms with Gasteiger partial charge in [-0.3, -0.25) is 4.98 Å². The van der Waals surface area contributed by atoms with Gasteiger partial charge in [0.1, 0.15) is 5.75 Å². The van der Waals surface area contributed by atoms with Crippen LogP contribution in [0.2, 0.25) is 0 Å². The summed E-state index contributed by atoms with van der Waals surface area (Å²) in [6.07, 6.45) is 3.68. The maximum absolute atomic E-state index is 5.46. The number of pyridine rings is 1. The molecule has 0 atom stereocenters. The van der Waals surface area contributed by atoms with Crippen molar-refractivity contribution >= 4 is 5.69 Å². The minimum absolute atomic E-state index is 0.688. The molecule has 0 spiro atoms. The lowest BCUT2D eigenvalue weighted by molar-refractivity contribution is 0.312. The van der Waals surface area contributed by atoms with E-state index in [2.05, 4.69) is 27.9 Å². The Bertz CT molecular complexity index is 335. The van der Waals surface area contributed by atoms with Crippen LogP contribution in [0.3, 0.4) is 0 Å². The summed E-state index contributed by atoms with van der Waals surface area (Å²) in [5, 5.41) is 0. The zero-order chi connectivity index (χ0) is 11.4. The fourth-order valence-electron chi connectivity index (χ4n) is 1.89. The minimum atomic E-state index is 0.688. The van der Waals surface area contributed by atoms with Crippen molar-refractivity contribution in [1.29, 1.82) is 0 Å². The Hall–Kier alpha value is -1.29. The summed E-state index contributed by atoms with van der Waals surface area (Å²) in [4.78, 5) is 8.92. The van der Waals surface area contributed by atoms with Crippen molar-refractivity contribution in [2.24, 2.45) is 0 Å². The topological polar surface area (TPSA) is 28.6 Å². The molecule has 0 bridgehead atoms. The van der Waals surface area contributed by atoms with Crippen LogP contribution in [0, 0.1) is 0 Å².